The van der Waals surface area contributed by atoms with E-state index in [1.165, 1.54) is 16.7 Å². The zero-order valence-corrected chi connectivity index (χ0v) is 16.0. The summed E-state index contributed by atoms with van der Waals surface area (Å²) in [7, 11) is 0. The van der Waals surface area contributed by atoms with E-state index in [9.17, 15) is 0 Å². The molecule has 1 aliphatic heterocycles. The maximum absolute atomic E-state index is 4.65. The van der Waals surface area contributed by atoms with Crippen molar-refractivity contribution in [1.29, 1.82) is 0 Å². The van der Waals surface area contributed by atoms with Crippen LogP contribution in [0.2, 0.25) is 0 Å². The number of nitrogens with one attached hydrogen (secondary N) is 1. The monoisotopic (exact) mass is 354 g/mol. The molecule has 0 saturated heterocycles. The van der Waals surface area contributed by atoms with Gasteiger partial charge >= 0.3 is 0 Å². The lowest BCUT2D eigenvalue weighted by atomic mass is 9.87. The molecule has 1 aromatic heterocycles. The molecule has 0 spiro atoms. The Morgan fingerprint density at radius 2 is 1.92 bits per heavy atom. The number of rotatable bonds is 4. The van der Waals surface area contributed by atoms with E-state index in [-0.39, 0.29) is 5.41 Å². The smallest absolute Gasteiger partial charge is 0.159 e. The largest absolute Gasteiger partial charge is 0.352 e. The Labute approximate surface area is 154 Å². The van der Waals surface area contributed by atoms with Gasteiger partial charge in [-0.2, -0.15) is 0 Å². The summed E-state index contributed by atoms with van der Waals surface area (Å²) in [6.07, 6.45) is 3.72. The van der Waals surface area contributed by atoms with Crippen LogP contribution in [0.15, 0.2) is 53.8 Å². The summed E-state index contributed by atoms with van der Waals surface area (Å²) in [6.45, 7) is 9.16. The summed E-state index contributed by atoms with van der Waals surface area (Å²) >= 11 is 1.77. The van der Waals surface area contributed by atoms with Crippen molar-refractivity contribution >= 4 is 16.9 Å². The number of nitrogens with zero attached hydrogens (tertiary/aromatic N) is 3. The second-order valence-electron chi connectivity index (χ2n) is 7.37. The molecule has 0 bridgehead atoms. The first-order valence-electron chi connectivity index (χ1n) is 8.62. The van der Waals surface area contributed by atoms with Crippen molar-refractivity contribution in [3.63, 3.8) is 0 Å². The molecular formula is C20H26N4S. The molecule has 2 aromatic rings. The molecule has 0 unspecified atom stereocenters. The van der Waals surface area contributed by atoms with E-state index in [0.29, 0.717) is 0 Å². The fraction of sp³-hybridized carbons (Fsp3) is 0.400. The van der Waals surface area contributed by atoms with Gasteiger partial charge in [0.15, 0.2) is 5.17 Å². The fourth-order valence-electron chi connectivity index (χ4n) is 2.65. The second-order valence-corrected chi connectivity index (χ2v) is 8.33. The quantitative estimate of drug-likeness (QED) is 0.901. The lowest BCUT2D eigenvalue weighted by molar-refractivity contribution is 0.258. The highest BCUT2D eigenvalue weighted by Crippen LogP contribution is 2.23. The van der Waals surface area contributed by atoms with Gasteiger partial charge in [-0.25, -0.2) is 4.99 Å². The molecule has 0 fully saturated rings. The van der Waals surface area contributed by atoms with Crippen molar-refractivity contribution in [3.05, 3.63) is 65.5 Å². The Morgan fingerprint density at radius 1 is 1.12 bits per heavy atom. The van der Waals surface area contributed by atoms with Crippen LogP contribution >= 0.6 is 11.8 Å². The number of pyridine rings is 1. The topological polar surface area (TPSA) is 40.5 Å². The Bertz CT molecular complexity index is 705. The predicted octanol–water partition coefficient (Wildman–Crippen LogP) is 3.99. The Morgan fingerprint density at radius 3 is 2.52 bits per heavy atom. The van der Waals surface area contributed by atoms with Crippen molar-refractivity contribution < 1.29 is 0 Å². The van der Waals surface area contributed by atoms with E-state index in [0.717, 1.165) is 30.8 Å². The molecule has 5 heteroatoms. The van der Waals surface area contributed by atoms with Crippen LogP contribution in [0.1, 0.15) is 37.5 Å². The van der Waals surface area contributed by atoms with Gasteiger partial charge in [-0.3, -0.25) is 9.88 Å². The zero-order chi connectivity index (χ0) is 17.7. The number of benzene rings is 1. The molecule has 0 radical (unpaired) electrons. The van der Waals surface area contributed by atoms with Crippen molar-refractivity contribution in [2.45, 2.75) is 38.5 Å². The van der Waals surface area contributed by atoms with E-state index >= 15 is 0 Å². The average molecular weight is 355 g/mol. The first kappa shape index (κ1) is 18.0. The fourth-order valence-corrected chi connectivity index (χ4v) is 3.47. The highest BCUT2D eigenvalue weighted by Gasteiger charge is 2.14. The Kier molecular flexibility index (Phi) is 5.76. The first-order chi connectivity index (χ1) is 12.0. The van der Waals surface area contributed by atoms with Crippen LogP contribution in [0.25, 0.3) is 0 Å². The van der Waals surface area contributed by atoms with E-state index in [1.54, 1.807) is 18.0 Å². The number of hydrogen-bond donors (Lipinski definition) is 1. The van der Waals surface area contributed by atoms with Crippen LogP contribution in [0.4, 0.5) is 0 Å². The molecule has 1 aliphatic rings. The Hall–Kier alpha value is -1.85. The van der Waals surface area contributed by atoms with Gasteiger partial charge in [0, 0.05) is 24.7 Å². The van der Waals surface area contributed by atoms with Gasteiger partial charge in [-0.15, -0.1) is 0 Å². The number of hydrogen-bond acceptors (Lipinski definition) is 5. The van der Waals surface area contributed by atoms with Gasteiger partial charge < -0.3 is 5.32 Å². The number of aliphatic imine (C=N–C) groups is 1. The maximum atomic E-state index is 4.65. The van der Waals surface area contributed by atoms with Crippen molar-refractivity contribution in [2.75, 3.05) is 13.3 Å². The number of amidine groups is 1. The van der Waals surface area contributed by atoms with E-state index in [1.807, 2.05) is 12.3 Å². The molecule has 0 atom stereocenters. The minimum absolute atomic E-state index is 0.207. The summed E-state index contributed by atoms with van der Waals surface area (Å²) in [5.41, 5.74) is 4.13. The van der Waals surface area contributed by atoms with Gasteiger partial charge in [0.05, 0.1) is 13.3 Å². The summed E-state index contributed by atoms with van der Waals surface area (Å²) in [4.78, 5) is 11.1. The molecule has 0 saturated carbocycles. The number of aromatic nitrogens is 1. The molecule has 132 valence electrons. The van der Waals surface area contributed by atoms with Crippen LogP contribution in [0.3, 0.4) is 0 Å². The summed E-state index contributed by atoms with van der Waals surface area (Å²) in [5.74, 6) is 0.943. The second kappa shape index (κ2) is 8.02. The van der Waals surface area contributed by atoms with Gasteiger partial charge in [-0.05, 0) is 28.2 Å². The third-order valence-electron chi connectivity index (χ3n) is 4.19. The molecule has 3 rings (SSSR count). The maximum Gasteiger partial charge on any atom is 0.159 e. The van der Waals surface area contributed by atoms with Gasteiger partial charge in [0.1, 0.15) is 0 Å². The summed E-state index contributed by atoms with van der Waals surface area (Å²) in [5, 5.41) is 4.44. The molecular weight excluding hydrogens is 328 g/mol. The van der Waals surface area contributed by atoms with E-state index in [4.69, 9.17) is 0 Å². The standard InChI is InChI=1S/C20H26N4S/c1-20(2,3)18-8-6-16(7-9-18)13-25-19-22-14-24(15-23-19)12-17-5-4-10-21-11-17/h4-11H,12-15H2,1-3H3,(H,22,23). The molecule has 25 heavy (non-hydrogen) atoms. The van der Waals surface area contributed by atoms with Crippen molar-refractivity contribution in [1.82, 2.24) is 15.2 Å². The molecule has 0 aliphatic carbocycles. The van der Waals surface area contributed by atoms with Gasteiger partial charge in [-0.1, -0.05) is 62.9 Å². The van der Waals surface area contributed by atoms with Crippen molar-refractivity contribution in [3.8, 4) is 0 Å². The van der Waals surface area contributed by atoms with Crippen LogP contribution in [0, 0.1) is 0 Å². The summed E-state index contributed by atoms with van der Waals surface area (Å²) < 4.78 is 0. The third kappa shape index (κ3) is 5.31. The lowest BCUT2D eigenvalue weighted by Crippen LogP contribution is -2.41. The molecule has 0 amide bonds. The lowest BCUT2D eigenvalue weighted by Gasteiger charge is -2.26. The molecule has 4 nitrogen and oxygen atoms in total. The normalized spacial score (nSPS) is 15.6. The van der Waals surface area contributed by atoms with Crippen LogP contribution in [0.5, 0.6) is 0 Å². The van der Waals surface area contributed by atoms with E-state index in [2.05, 4.69) is 71.3 Å². The highest BCUT2D eigenvalue weighted by atomic mass is 32.2. The first-order valence-corrected chi connectivity index (χ1v) is 9.61. The van der Waals surface area contributed by atoms with Gasteiger partial charge in [0.2, 0.25) is 0 Å². The minimum Gasteiger partial charge on any atom is -0.352 e. The zero-order valence-electron chi connectivity index (χ0n) is 15.2. The highest BCUT2D eigenvalue weighted by molar-refractivity contribution is 8.13. The van der Waals surface area contributed by atoms with Crippen molar-refractivity contribution in [2.24, 2.45) is 4.99 Å². The van der Waals surface area contributed by atoms with Crippen LogP contribution < -0.4 is 5.32 Å². The third-order valence-corrected chi connectivity index (χ3v) is 5.22. The number of thioether (sulfide) groups is 1. The average Bonchev–Trinajstić information content (AvgIpc) is 2.62. The summed E-state index contributed by atoms with van der Waals surface area (Å²) in [6, 6.07) is 13.0. The van der Waals surface area contributed by atoms with Crippen LogP contribution in [-0.2, 0) is 17.7 Å². The predicted molar refractivity (Wildman–Crippen MR) is 107 cm³/mol. The van der Waals surface area contributed by atoms with Crippen LogP contribution in [-0.4, -0.2) is 28.4 Å². The molecule has 2 heterocycles. The Balaban J connectivity index is 1.48. The minimum atomic E-state index is 0.207. The molecule has 1 N–H and O–H groups in total. The molecule has 1 aromatic carbocycles. The SMILES string of the molecule is CC(C)(C)c1ccc(CSC2=NCN(Cc3cccnc3)CN2)cc1. The van der Waals surface area contributed by atoms with E-state index < -0.39 is 0 Å². The van der Waals surface area contributed by atoms with Gasteiger partial charge in [0.25, 0.3) is 0 Å².